The summed E-state index contributed by atoms with van der Waals surface area (Å²) >= 11 is 0.906. The van der Waals surface area contributed by atoms with Gasteiger partial charge in [-0.05, 0) is 67.8 Å². The maximum absolute atomic E-state index is 13.6. The summed E-state index contributed by atoms with van der Waals surface area (Å²) in [6.45, 7) is 5.54. The average molecular weight is 615 g/mol. The molecule has 0 saturated carbocycles. The van der Waals surface area contributed by atoms with Crippen LogP contribution in [0, 0.1) is 13.8 Å². The molecule has 1 unspecified atom stereocenters. The van der Waals surface area contributed by atoms with Gasteiger partial charge in [-0.25, -0.2) is 9.78 Å². The number of hydrogen-bond acceptors (Lipinski definition) is 10. The summed E-state index contributed by atoms with van der Waals surface area (Å²) in [6, 6.07) is 17.9. The summed E-state index contributed by atoms with van der Waals surface area (Å²) in [5.74, 6) is -2.35. The molecule has 226 valence electrons. The number of phenolic OH excluding ortho intramolecular Hbond substituents is 1. The predicted octanol–water partition coefficient (Wildman–Crippen LogP) is 5.86. The smallest absolute Gasteiger partial charge is 0.350 e. The van der Waals surface area contributed by atoms with Gasteiger partial charge >= 0.3 is 11.9 Å². The number of aliphatic hydroxyl groups is 1. The minimum Gasteiger partial charge on any atom is -0.507 e. The van der Waals surface area contributed by atoms with Crippen molar-refractivity contribution in [2.24, 2.45) is 0 Å². The first-order chi connectivity index (χ1) is 21.1. The molecule has 0 bridgehead atoms. The number of hydrogen-bond donors (Lipinski definition) is 2. The third kappa shape index (κ3) is 5.73. The molecule has 11 heteroatoms. The van der Waals surface area contributed by atoms with Gasteiger partial charge in [-0.1, -0.05) is 47.7 Å². The van der Waals surface area contributed by atoms with E-state index in [1.54, 1.807) is 39.0 Å². The highest BCUT2D eigenvalue weighted by Crippen LogP contribution is 2.45. The predicted molar refractivity (Wildman–Crippen MR) is 164 cm³/mol. The van der Waals surface area contributed by atoms with E-state index in [9.17, 15) is 24.6 Å². The fourth-order valence-corrected chi connectivity index (χ4v) is 5.95. The van der Waals surface area contributed by atoms with Crippen molar-refractivity contribution in [2.45, 2.75) is 33.4 Å². The lowest BCUT2D eigenvalue weighted by Gasteiger charge is -2.23. The SMILES string of the molecule is CCOC(=O)c1sc(N2C(=O)C(=O)/C(=C(\O)c3ccc(OCc4ccccc4)cc3C)C2c2ccc(O)c(OC)c2)nc1C. The van der Waals surface area contributed by atoms with Crippen molar-refractivity contribution in [1.29, 1.82) is 0 Å². The Balaban J connectivity index is 1.60. The molecule has 1 aliphatic heterocycles. The number of aryl methyl sites for hydroxylation is 2. The first kappa shape index (κ1) is 30.3. The van der Waals surface area contributed by atoms with Gasteiger partial charge in [-0.2, -0.15) is 0 Å². The first-order valence-electron chi connectivity index (χ1n) is 13.7. The van der Waals surface area contributed by atoms with Crippen LogP contribution in [0.4, 0.5) is 5.13 Å². The van der Waals surface area contributed by atoms with E-state index < -0.39 is 29.5 Å². The third-order valence-corrected chi connectivity index (χ3v) is 8.25. The first-order valence-corrected chi connectivity index (χ1v) is 14.6. The zero-order valence-electron chi connectivity index (χ0n) is 24.5. The van der Waals surface area contributed by atoms with Crippen LogP contribution in [0.3, 0.4) is 0 Å². The molecule has 0 radical (unpaired) electrons. The number of carbonyl (C=O) groups excluding carboxylic acids is 3. The van der Waals surface area contributed by atoms with Gasteiger partial charge in [0.1, 0.15) is 23.0 Å². The Morgan fingerprint density at radius 3 is 2.48 bits per heavy atom. The molecule has 44 heavy (non-hydrogen) atoms. The van der Waals surface area contributed by atoms with E-state index in [0.29, 0.717) is 34.7 Å². The van der Waals surface area contributed by atoms with Crippen LogP contribution >= 0.6 is 11.3 Å². The molecule has 1 amide bonds. The largest absolute Gasteiger partial charge is 0.507 e. The second-order valence-electron chi connectivity index (χ2n) is 9.98. The molecule has 3 aromatic carbocycles. The maximum atomic E-state index is 13.6. The lowest BCUT2D eigenvalue weighted by Crippen LogP contribution is -2.29. The van der Waals surface area contributed by atoms with E-state index in [4.69, 9.17) is 14.2 Å². The quantitative estimate of drug-likeness (QED) is 0.103. The lowest BCUT2D eigenvalue weighted by atomic mass is 9.93. The van der Waals surface area contributed by atoms with Gasteiger partial charge in [0.25, 0.3) is 5.78 Å². The molecular formula is C33H30N2O8S. The van der Waals surface area contributed by atoms with Gasteiger partial charge in [0.2, 0.25) is 0 Å². The number of ketones is 1. The number of rotatable bonds is 9. The van der Waals surface area contributed by atoms with Crippen LogP contribution in [-0.2, 0) is 20.9 Å². The number of aromatic nitrogens is 1. The Kier molecular flexibility index (Phi) is 8.68. The monoisotopic (exact) mass is 614 g/mol. The number of phenols is 1. The number of Topliss-reactive ketones (excluding diaryl/α,β-unsaturated/α-hetero) is 1. The zero-order valence-corrected chi connectivity index (χ0v) is 25.3. The second-order valence-corrected chi connectivity index (χ2v) is 11.0. The average Bonchev–Trinajstić information content (AvgIpc) is 3.52. The number of carbonyl (C=O) groups is 3. The number of benzene rings is 3. The number of aromatic hydroxyl groups is 1. The normalized spacial score (nSPS) is 15.8. The highest BCUT2D eigenvalue weighted by Gasteiger charge is 2.48. The van der Waals surface area contributed by atoms with Crippen LogP contribution in [-0.4, -0.2) is 46.6 Å². The summed E-state index contributed by atoms with van der Waals surface area (Å²) in [4.78, 5) is 45.6. The summed E-state index contributed by atoms with van der Waals surface area (Å²) < 4.78 is 16.3. The van der Waals surface area contributed by atoms with Gasteiger partial charge in [0, 0.05) is 5.56 Å². The van der Waals surface area contributed by atoms with Crippen molar-refractivity contribution < 1.29 is 38.8 Å². The highest BCUT2D eigenvalue weighted by atomic mass is 32.1. The molecule has 0 aliphatic carbocycles. The van der Waals surface area contributed by atoms with Crippen molar-refractivity contribution in [1.82, 2.24) is 4.98 Å². The number of ether oxygens (including phenoxy) is 3. The topological polar surface area (TPSA) is 135 Å². The Bertz CT molecular complexity index is 1780. The molecular weight excluding hydrogens is 584 g/mol. The van der Waals surface area contributed by atoms with E-state index in [1.165, 1.54) is 25.3 Å². The summed E-state index contributed by atoms with van der Waals surface area (Å²) in [5.41, 5.74) is 2.43. The number of thiazole rings is 1. The molecule has 1 fully saturated rings. The maximum Gasteiger partial charge on any atom is 0.350 e. The summed E-state index contributed by atoms with van der Waals surface area (Å²) in [6.07, 6.45) is 0. The number of esters is 1. The van der Waals surface area contributed by atoms with Crippen LogP contribution in [0.25, 0.3) is 5.76 Å². The lowest BCUT2D eigenvalue weighted by molar-refractivity contribution is -0.132. The van der Waals surface area contributed by atoms with E-state index in [0.717, 1.165) is 21.8 Å². The fraction of sp³-hybridized carbons (Fsp3) is 0.212. The van der Waals surface area contributed by atoms with Crippen molar-refractivity contribution in [3.63, 3.8) is 0 Å². The summed E-state index contributed by atoms with van der Waals surface area (Å²) in [5, 5.41) is 22.0. The van der Waals surface area contributed by atoms with Crippen molar-refractivity contribution in [3.05, 3.63) is 105 Å². The molecule has 1 saturated heterocycles. The van der Waals surface area contributed by atoms with Crippen LogP contribution < -0.4 is 14.4 Å². The Hall–Kier alpha value is -5.16. The molecule has 10 nitrogen and oxygen atoms in total. The number of anilines is 1. The van der Waals surface area contributed by atoms with E-state index in [1.807, 2.05) is 30.3 Å². The van der Waals surface area contributed by atoms with Crippen molar-refractivity contribution in [2.75, 3.05) is 18.6 Å². The van der Waals surface area contributed by atoms with Crippen LogP contribution in [0.2, 0.25) is 0 Å². The minimum atomic E-state index is -1.15. The number of methoxy groups -OCH3 is 1. The number of nitrogens with zero attached hydrogens (tertiary/aromatic N) is 2. The third-order valence-electron chi connectivity index (χ3n) is 7.12. The van der Waals surface area contributed by atoms with Gasteiger partial charge in [-0.15, -0.1) is 0 Å². The van der Waals surface area contributed by atoms with E-state index in [-0.39, 0.29) is 33.7 Å². The van der Waals surface area contributed by atoms with Gasteiger partial charge in [0.05, 0.1) is 31.0 Å². The molecule has 2 N–H and O–H groups in total. The standard InChI is InChI=1S/C33H30N2O8S/c1-5-42-32(40)30-19(3)34-33(44-30)35-27(21-11-14-24(36)25(16-21)41-4)26(29(38)31(35)39)28(37)23-13-12-22(15-18(23)2)43-17-20-9-7-6-8-10-20/h6-16,27,36-37H,5,17H2,1-4H3/b28-26-. The zero-order chi connectivity index (χ0) is 31.5. The van der Waals surface area contributed by atoms with Crippen molar-refractivity contribution in [3.8, 4) is 17.2 Å². The van der Waals surface area contributed by atoms with Gasteiger partial charge in [-0.3, -0.25) is 14.5 Å². The van der Waals surface area contributed by atoms with Crippen LogP contribution in [0.1, 0.15) is 50.6 Å². The number of amides is 1. The fourth-order valence-electron chi connectivity index (χ4n) is 4.96. The summed E-state index contributed by atoms with van der Waals surface area (Å²) in [7, 11) is 1.37. The highest BCUT2D eigenvalue weighted by molar-refractivity contribution is 7.17. The van der Waals surface area contributed by atoms with Crippen LogP contribution in [0.5, 0.6) is 17.2 Å². The number of aliphatic hydroxyl groups excluding tert-OH is 1. The second kappa shape index (κ2) is 12.6. The molecule has 0 spiro atoms. The minimum absolute atomic E-state index is 0.0742. The van der Waals surface area contributed by atoms with Gasteiger partial charge < -0.3 is 24.4 Å². The molecule has 2 heterocycles. The molecule has 4 aromatic rings. The van der Waals surface area contributed by atoms with Crippen molar-refractivity contribution >= 4 is 39.9 Å². The van der Waals surface area contributed by atoms with Crippen LogP contribution in [0.15, 0.2) is 72.3 Å². The molecule has 5 rings (SSSR count). The Labute approximate surface area is 257 Å². The Morgan fingerprint density at radius 1 is 1.05 bits per heavy atom. The molecule has 1 aromatic heterocycles. The van der Waals surface area contributed by atoms with E-state index in [2.05, 4.69) is 4.98 Å². The molecule has 1 atom stereocenters. The Morgan fingerprint density at radius 2 is 1.80 bits per heavy atom. The van der Waals surface area contributed by atoms with E-state index >= 15 is 0 Å². The molecule has 1 aliphatic rings. The van der Waals surface area contributed by atoms with Gasteiger partial charge in [0.15, 0.2) is 16.6 Å².